The topological polar surface area (TPSA) is 49.3 Å². The molecule has 5 heteroatoms. The van der Waals surface area contributed by atoms with Crippen LogP contribution in [0.5, 0.6) is 0 Å². The van der Waals surface area contributed by atoms with Gasteiger partial charge in [0.1, 0.15) is 6.04 Å². The third-order valence-electron chi connectivity index (χ3n) is 1.43. The molecule has 1 aliphatic heterocycles. The smallest absolute Gasteiger partial charge is 0.268 e. The number of hydrogen-bond acceptors (Lipinski definition) is 2. The van der Waals surface area contributed by atoms with E-state index < -0.39 is 24.0 Å². The summed E-state index contributed by atoms with van der Waals surface area (Å²) >= 11 is 0. The van der Waals surface area contributed by atoms with Crippen LogP contribution in [0.2, 0.25) is 0 Å². The van der Waals surface area contributed by atoms with Crippen LogP contribution >= 0.6 is 0 Å². The van der Waals surface area contributed by atoms with Gasteiger partial charge in [-0.15, -0.1) is 0 Å². The monoisotopic (exact) mass is 151 g/mol. The number of carbonyl (C=O) groups excluding carboxylic acids is 1. The molecule has 2 N–H and O–H groups in total. The van der Waals surface area contributed by atoms with Gasteiger partial charge in [0.2, 0.25) is 0 Å². The standard InChI is InChI=1S/C5H7F2NO2/c1-5(6,7)3-2(9)4(10)8-3/h2-3,9H,1H3,(H,8,10)/t2-,3-/m0/s1. The molecule has 0 aromatic rings. The number of carbonyl (C=O) groups is 1. The highest BCUT2D eigenvalue weighted by Crippen LogP contribution is 2.24. The molecule has 0 bridgehead atoms. The number of β-lactam (4-membered cyclic amide) rings is 1. The molecule has 58 valence electrons. The van der Waals surface area contributed by atoms with Crippen molar-refractivity contribution in [3.05, 3.63) is 0 Å². The molecule has 1 rings (SSSR count). The van der Waals surface area contributed by atoms with Crippen molar-refractivity contribution in [2.24, 2.45) is 0 Å². The Morgan fingerprint density at radius 1 is 1.70 bits per heavy atom. The number of nitrogens with one attached hydrogen (secondary N) is 1. The highest BCUT2D eigenvalue weighted by atomic mass is 19.3. The van der Waals surface area contributed by atoms with Crippen molar-refractivity contribution in [2.75, 3.05) is 0 Å². The first kappa shape index (κ1) is 7.40. The lowest BCUT2D eigenvalue weighted by Crippen LogP contribution is -2.68. The van der Waals surface area contributed by atoms with Crippen LogP contribution in [-0.4, -0.2) is 29.1 Å². The molecule has 1 saturated heterocycles. The second-order valence-corrected chi connectivity index (χ2v) is 2.39. The average Bonchev–Trinajstić information content (AvgIpc) is 1.79. The Morgan fingerprint density at radius 3 is 2.30 bits per heavy atom. The van der Waals surface area contributed by atoms with E-state index in [0.717, 1.165) is 0 Å². The fourth-order valence-electron chi connectivity index (χ4n) is 0.777. The maximum atomic E-state index is 12.2. The SMILES string of the molecule is CC(F)(F)[C@H]1NC(=O)[C@H]1O. The lowest BCUT2D eigenvalue weighted by Gasteiger charge is -2.36. The number of halogens is 2. The zero-order valence-electron chi connectivity index (χ0n) is 5.27. The Bertz CT molecular complexity index is 166. The number of hydrogen-bond donors (Lipinski definition) is 2. The highest BCUT2D eigenvalue weighted by Gasteiger charge is 2.50. The zero-order valence-corrected chi connectivity index (χ0v) is 5.27. The largest absolute Gasteiger partial charge is 0.381 e. The van der Waals surface area contributed by atoms with E-state index in [1.807, 2.05) is 5.32 Å². The van der Waals surface area contributed by atoms with E-state index >= 15 is 0 Å². The Balaban J connectivity index is 2.56. The van der Waals surface area contributed by atoms with E-state index in [4.69, 9.17) is 5.11 Å². The summed E-state index contributed by atoms with van der Waals surface area (Å²) in [5, 5.41) is 10.5. The minimum Gasteiger partial charge on any atom is -0.381 e. The highest BCUT2D eigenvalue weighted by molar-refractivity contribution is 5.88. The van der Waals surface area contributed by atoms with Gasteiger partial charge in [0.05, 0.1) is 0 Å². The van der Waals surface area contributed by atoms with Gasteiger partial charge < -0.3 is 10.4 Å². The Kier molecular flexibility index (Phi) is 1.39. The molecule has 0 saturated carbocycles. The molecule has 3 nitrogen and oxygen atoms in total. The summed E-state index contributed by atoms with van der Waals surface area (Å²) in [6.45, 7) is 0.653. The molecule has 1 fully saturated rings. The predicted molar refractivity (Wildman–Crippen MR) is 28.6 cm³/mol. The number of rotatable bonds is 1. The third-order valence-corrected chi connectivity index (χ3v) is 1.43. The molecule has 1 aliphatic rings. The summed E-state index contributed by atoms with van der Waals surface area (Å²) in [7, 11) is 0. The molecule has 0 aromatic heterocycles. The van der Waals surface area contributed by atoms with Crippen LogP contribution in [0.25, 0.3) is 0 Å². The molecular formula is C5H7F2NO2. The molecule has 0 spiro atoms. The Hall–Kier alpha value is -0.710. The first-order valence-corrected chi connectivity index (χ1v) is 2.79. The lowest BCUT2D eigenvalue weighted by molar-refractivity contribution is -0.160. The van der Waals surface area contributed by atoms with E-state index in [1.54, 1.807) is 0 Å². The van der Waals surface area contributed by atoms with Crippen LogP contribution in [0, 0.1) is 0 Å². The first-order valence-electron chi connectivity index (χ1n) is 2.79. The lowest BCUT2D eigenvalue weighted by atomic mass is 9.97. The van der Waals surface area contributed by atoms with E-state index in [1.165, 1.54) is 0 Å². The van der Waals surface area contributed by atoms with Crippen LogP contribution in [0.4, 0.5) is 8.78 Å². The van der Waals surface area contributed by atoms with Gasteiger partial charge >= 0.3 is 0 Å². The number of aliphatic hydroxyl groups excluding tert-OH is 1. The molecule has 0 unspecified atom stereocenters. The van der Waals surface area contributed by atoms with Crippen molar-refractivity contribution in [1.29, 1.82) is 0 Å². The van der Waals surface area contributed by atoms with E-state index in [0.29, 0.717) is 6.92 Å². The molecule has 1 heterocycles. The number of amides is 1. The van der Waals surface area contributed by atoms with Crippen LogP contribution in [0.15, 0.2) is 0 Å². The molecule has 1 amide bonds. The van der Waals surface area contributed by atoms with Crippen molar-refractivity contribution in [3.63, 3.8) is 0 Å². The van der Waals surface area contributed by atoms with Gasteiger partial charge in [0.25, 0.3) is 11.8 Å². The summed E-state index contributed by atoms with van der Waals surface area (Å²) < 4.78 is 24.4. The molecular weight excluding hydrogens is 144 g/mol. The summed E-state index contributed by atoms with van der Waals surface area (Å²) in [6.07, 6.45) is -1.54. The minimum absolute atomic E-state index is 0.653. The van der Waals surface area contributed by atoms with Crippen molar-refractivity contribution in [3.8, 4) is 0 Å². The fourth-order valence-corrected chi connectivity index (χ4v) is 0.777. The van der Waals surface area contributed by atoms with Crippen molar-refractivity contribution < 1.29 is 18.7 Å². The van der Waals surface area contributed by atoms with Crippen LogP contribution in [-0.2, 0) is 4.79 Å². The first-order chi connectivity index (χ1) is 4.43. The van der Waals surface area contributed by atoms with Gasteiger partial charge in [0.15, 0.2) is 6.10 Å². The zero-order chi connectivity index (χ0) is 7.94. The Labute approximate surface area is 56.0 Å². The van der Waals surface area contributed by atoms with Crippen molar-refractivity contribution in [1.82, 2.24) is 5.32 Å². The van der Waals surface area contributed by atoms with E-state index in [2.05, 4.69) is 0 Å². The molecule has 0 aromatic carbocycles. The average molecular weight is 151 g/mol. The van der Waals surface area contributed by atoms with Crippen LogP contribution < -0.4 is 5.32 Å². The van der Waals surface area contributed by atoms with Gasteiger partial charge in [-0.05, 0) is 0 Å². The normalized spacial score (nSPS) is 33.0. The summed E-state index contributed by atoms with van der Waals surface area (Å²) in [6, 6.07) is -1.40. The van der Waals surface area contributed by atoms with Crippen LogP contribution in [0.1, 0.15) is 6.92 Å². The fraction of sp³-hybridized carbons (Fsp3) is 0.800. The van der Waals surface area contributed by atoms with Gasteiger partial charge in [-0.1, -0.05) is 0 Å². The van der Waals surface area contributed by atoms with E-state index in [9.17, 15) is 13.6 Å². The van der Waals surface area contributed by atoms with Gasteiger partial charge in [0, 0.05) is 6.92 Å². The maximum Gasteiger partial charge on any atom is 0.268 e. The summed E-state index contributed by atoms with van der Waals surface area (Å²) in [5.74, 6) is -3.76. The molecule has 2 atom stereocenters. The Morgan fingerprint density at radius 2 is 2.20 bits per heavy atom. The van der Waals surface area contributed by atoms with E-state index in [-0.39, 0.29) is 0 Å². The third kappa shape index (κ3) is 0.965. The van der Waals surface area contributed by atoms with Crippen LogP contribution in [0.3, 0.4) is 0 Å². The van der Waals surface area contributed by atoms with Crippen molar-refractivity contribution >= 4 is 5.91 Å². The van der Waals surface area contributed by atoms with Crippen molar-refractivity contribution in [2.45, 2.75) is 25.0 Å². The maximum absolute atomic E-state index is 12.2. The summed E-state index contributed by atoms with van der Waals surface area (Å²) in [5.41, 5.74) is 0. The van der Waals surface area contributed by atoms with Gasteiger partial charge in [-0.2, -0.15) is 0 Å². The second-order valence-electron chi connectivity index (χ2n) is 2.39. The minimum atomic E-state index is -3.03. The van der Waals surface area contributed by atoms with Gasteiger partial charge in [-0.3, -0.25) is 4.79 Å². The summed E-state index contributed by atoms with van der Waals surface area (Å²) in [4.78, 5) is 10.2. The molecule has 0 radical (unpaired) electrons. The number of aliphatic hydroxyl groups is 1. The second kappa shape index (κ2) is 1.88. The predicted octanol–water partition coefficient (Wildman–Crippen LogP) is -0.499. The molecule has 10 heavy (non-hydrogen) atoms. The number of alkyl halides is 2. The van der Waals surface area contributed by atoms with Gasteiger partial charge in [-0.25, -0.2) is 8.78 Å². The quantitative estimate of drug-likeness (QED) is 0.496. The molecule has 0 aliphatic carbocycles.